The molecule has 0 unspecified atom stereocenters. The van der Waals surface area contributed by atoms with Gasteiger partial charge >= 0.3 is 0 Å². The van der Waals surface area contributed by atoms with Crippen LogP contribution in [0.15, 0.2) is 30.3 Å². The zero-order valence-electron chi connectivity index (χ0n) is 12.3. The quantitative estimate of drug-likeness (QED) is 0.728. The molecule has 20 heavy (non-hydrogen) atoms. The molecule has 2 aromatic carbocycles. The molecule has 0 saturated heterocycles. The number of carbonyl (C=O) groups is 1. The van der Waals surface area contributed by atoms with Crippen LogP contribution < -0.4 is 4.90 Å². The molecule has 0 atom stereocenters. The normalized spacial score (nSPS) is 13.5. The van der Waals surface area contributed by atoms with Crippen LogP contribution in [0.5, 0.6) is 0 Å². The molecule has 0 spiro atoms. The Balaban J connectivity index is 1.99. The second kappa shape index (κ2) is 5.28. The van der Waals surface area contributed by atoms with E-state index in [0.29, 0.717) is 0 Å². The number of hydrogen-bond acceptors (Lipinski definition) is 1. The van der Waals surface area contributed by atoms with Crippen molar-refractivity contribution < 1.29 is 4.79 Å². The van der Waals surface area contributed by atoms with Crippen LogP contribution in [0.4, 0.5) is 5.69 Å². The van der Waals surface area contributed by atoms with Crippen molar-refractivity contribution in [1.82, 2.24) is 0 Å². The van der Waals surface area contributed by atoms with Gasteiger partial charge in [-0.25, -0.2) is 0 Å². The Morgan fingerprint density at radius 2 is 1.90 bits per heavy atom. The summed E-state index contributed by atoms with van der Waals surface area (Å²) in [5, 5.41) is 2.40. The molecule has 2 aromatic rings. The summed E-state index contributed by atoms with van der Waals surface area (Å²) < 4.78 is 0. The molecule has 0 aliphatic carbocycles. The van der Waals surface area contributed by atoms with Crippen LogP contribution in [0, 0.1) is 0 Å². The molecule has 0 bridgehead atoms. The molecule has 3 rings (SSSR count). The van der Waals surface area contributed by atoms with Crippen molar-refractivity contribution in [1.29, 1.82) is 0 Å². The van der Waals surface area contributed by atoms with Gasteiger partial charge in [-0.15, -0.1) is 0 Å². The predicted molar refractivity (Wildman–Crippen MR) is 84.5 cm³/mol. The zero-order chi connectivity index (χ0) is 14.1. The van der Waals surface area contributed by atoms with Crippen molar-refractivity contribution in [3.8, 4) is 0 Å². The molecule has 1 aliphatic heterocycles. The number of nitrogens with zero attached hydrogens (tertiary/aromatic N) is 1. The summed E-state index contributed by atoms with van der Waals surface area (Å²) in [6.45, 7) is 2.24. The Morgan fingerprint density at radius 3 is 2.70 bits per heavy atom. The van der Waals surface area contributed by atoms with E-state index < -0.39 is 0 Å². The molecule has 1 heterocycles. The smallest absolute Gasteiger partial charge is 0.258 e. The minimum Gasteiger partial charge on any atom is -0.311 e. The first-order valence-corrected chi connectivity index (χ1v) is 7.56. The molecule has 0 fully saturated rings. The molecule has 2 heteroatoms. The van der Waals surface area contributed by atoms with Crippen LogP contribution in [0.1, 0.15) is 48.5 Å². The zero-order valence-corrected chi connectivity index (χ0v) is 12.3. The molecule has 2 nitrogen and oxygen atoms in total. The Labute approximate surface area is 120 Å². The summed E-state index contributed by atoms with van der Waals surface area (Å²) in [7, 11) is 1.86. The summed E-state index contributed by atoms with van der Waals surface area (Å²) in [5.74, 6) is 0.119. The Bertz CT molecular complexity index is 660. The first-order chi connectivity index (χ1) is 9.74. The van der Waals surface area contributed by atoms with Gasteiger partial charge in [-0.2, -0.15) is 0 Å². The first kappa shape index (κ1) is 13.2. The minimum atomic E-state index is 0.119. The lowest BCUT2D eigenvalue weighted by molar-refractivity contribution is 0.0999. The standard InChI is InChI=1S/C18H21NO/c1-3-4-5-6-8-13-11-12-16-17-14(13)9-7-10-15(17)18(20)19(16)2/h7,9-12H,3-6,8H2,1-2H3. The lowest BCUT2D eigenvalue weighted by Crippen LogP contribution is -2.20. The molecular formula is C18H21NO. The summed E-state index contributed by atoms with van der Waals surface area (Å²) in [6.07, 6.45) is 6.21. The van der Waals surface area contributed by atoms with Crippen LogP contribution in [0.2, 0.25) is 0 Å². The highest BCUT2D eigenvalue weighted by atomic mass is 16.2. The van der Waals surface area contributed by atoms with Gasteiger partial charge in [0, 0.05) is 18.0 Å². The fourth-order valence-corrected chi connectivity index (χ4v) is 3.16. The minimum absolute atomic E-state index is 0.119. The topological polar surface area (TPSA) is 20.3 Å². The highest BCUT2D eigenvalue weighted by Crippen LogP contribution is 2.38. The van der Waals surface area contributed by atoms with Crippen molar-refractivity contribution in [2.75, 3.05) is 11.9 Å². The van der Waals surface area contributed by atoms with Crippen molar-refractivity contribution in [2.24, 2.45) is 0 Å². The SMILES string of the molecule is CCCCCCc1ccc2c3c(cccc13)C(=O)N2C. The average molecular weight is 267 g/mol. The number of anilines is 1. The van der Waals surface area contributed by atoms with E-state index in [1.165, 1.54) is 36.6 Å². The lowest BCUT2D eigenvalue weighted by atomic mass is 9.97. The molecular weight excluding hydrogens is 246 g/mol. The highest BCUT2D eigenvalue weighted by molar-refractivity contribution is 6.25. The van der Waals surface area contributed by atoms with E-state index in [-0.39, 0.29) is 5.91 Å². The number of unbranched alkanes of at least 4 members (excludes halogenated alkanes) is 3. The van der Waals surface area contributed by atoms with Crippen LogP contribution in [0.25, 0.3) is 10.8 Å². The van der Waals surface area contributed by atoms with Gasteiger partial charge in [0.15, 0.2) is 0 Å². The largest absolute Gasteiger partial charge is 0.311 e. The Kier molecular flexibility index (Phi) is 3.47. The van der Waals surface area contributed by atoms with Crippen LogP contribution in [-0.4, -0.2) is 13.0 Å². The maximum Gasteiger partial charge on any atom is 0.258 e. The number of rotatable bonds is 5. The van der Waals surface area contributed by atoms with Gasteiger partial charge in [-0.05, 0) is 35.9 Å². The molecule has 1 aliphatic rings. The summed E-state index contributed by atoms with van der Waals surface area (Å²) >= 11 is 0. The average Bonchev–Trinajstić information content (AvgIpc) is 2.72. The third kappa shape index (κ3) is 2.00. The van der Waals surface area contributed by atoms with E-state index in [2.05, 4.69) is 25.1 Å². The van der Waals surface area contributed by atoms with Crippen LogP contribution in [-0.2, 0) is 6.42 Å². The third-order valence-corrected chi connectivity index (χ3v) is 4.31. The summed E-state index contributed by atoms with van der Waals surface area (Å²) in [4.78, 5) is 14.0. The van der Waals surface area contributed by atoms with E-state index in [0.717, 1.165) is 23.1 Å². The second-order valence-electron chi connectivity index (χ2n) is 5.65. The van der Waals surface area contributed by atoms with E-state index in [4.69, 9.17) is 0 Å². The first-order valence-electron chi connectivity index (χ1n) is 7.56. The fourth-order valence-electron chi connectivity index (χ4n) is 3.16. The number of hydrogen-bond donors (Lipinski definition) is 0. The van der Waals surface area contributed by atoms with Crippen molar-refractivity contribution >= 4 is 22.4 Å². The molecule has 104 valence electrons. The van der Waals surface area contributed by atoms with Gasteiger partial charge in [0.25, 0.3) is 5.91 Å². The third-order valence-electron chi connectivity index (χ3n) is 4.31. The molecule has 0 N–H and O–H groups in total. The Hall–Kier alpha value is -1.83. The van der Waals surface area contributed by atoms with Gasteiger partial charge in [0.1, 0.15) is 0 Å². The monoisotopic (exact) mass is 267 g/mol. The van der Waals surface area contributed by atoms with E-state index in [9.17, 15) is 4.79 Å². The highest BCUT2D eigenvalue weighted by Gasteiger charge is 2.27. The number of carbonyl (C=O) groups excluding carboxylic acids is 1. The number of benzene rings is 2. The second-order valence-corrected chi connectivity index (χ2v) is 5.65. The van der Waals surface area contributed by atoms with E-state index >= 15 is 0 Å². The van der Waals surface area contributed by atoms with Gasteiger partial charge < -0.3 is 4.90 Å². The summed E-state index contributed by atoms with van der Waals surface area (Å²) in [6, 6.07) is 10.4. The maximum atomic E-state index is 12.2. The van der Waals surface area contributed by atoms with Gasteiger partial charge in [-0.3, -0.25) is 4.79 Å². The van der Waals surface area contributed by atoms with Crippen molar-refractivity contribution in [3.63, 3.8) is 0 Å². The number of aryl methyl sites for hydroxylation is 1. The van der Waals surface area contributed by atoms with Gasteiger partial charge in [0.05, 0.1) is 5.69 Å². The van der Waals surface area contributed by atoms with Crippen LogP contribution >= 0.6 is 0 Å². The van der Waals surface area contributed by atoms with Gasteiger partial charge in [-0.1, -0.05) is 44.4 Å². The van der Waals surface area contributed by atoms with E-state index in [1.54, 1.807) is 4.90 Å². The Morgan fingerprint density at radius 1 is 1.05 bits per heavy atom. The maximum absolute atomic E-state index is 12.2. The predicted octanol–water partition coefficient (Wildman–Crippen LogP) is 4.55. The molecule has 0 saturated carbocycles. The van der Waals surface area contributed by atoms with E-state index in [1.807, 2.05) is 19.2 Å². The molecule has 0 aromatic heterocycles. The fraction of sp³-hybridized carbons (Fsp3) is 0.389. The van der Waals surface area contributed by atoms with Crippen molar-refractivity contribution in [2.45, 2.75) is 39.0 Å². The molecule has 0 radical (unpaired) electrons. The molecule has 1 amide bonds. The lowest BCUT2D eigenvalue weighted by Gasteiger charge is -2.11. The van der Waals surface area contributed by atoms with Gasteiger partial charge in [0.2, 0.25) is 0 Å². The summed E-state index contributed by atoms with van der Waals surface area (Å²) in [5.41, 5.74) is 3.29. The van der Waals surface area contributed by atoms with Crippen molar-refractivity contribution in [3.05, 3.63) is 41.5 Å². The van der Waals surface area contributed by atoms with Crippen LogP contribution in [0.3, 0.4) is 0 Å². The number of amides is 1.